The molecular weight excluding hydrogens is 376 g/mol. The zero-order valence-corrected chi connectivity index (χ0v) is 17.4. The third-order valence-electron chi connectivity index (χ3n) is 4.42. The van der Waals surface area contributed by atoms with Gasteiger partial charge in [0.05, 0.1) is 11.9 Å². The van der Waals surface area contributed by atoms with E-state index < -0.39 is 16.1 Å². The molecule has 0 saturated carbocycles. The van der Waals surface area contributed by atoms with E-state index in [2.05, 4.69) is 17.4 Å². The van der Waals surface area contributed by atoms with E-state index >= 15 is 0 Å². The molecule has 0 heterocycles. The quantitative estimate of drug-likeness (QED) is 0.618. The van der Waals surface area contributed by atoms with Gasteiger partial charge in [0.25, 0.3) is 5.91 Å². The number of benzene rings is 2. The zero-order chi connectivity index (χ0) is 20.6. The first-order chi connectivity index (χ1) is 13.3. The lowest BCUT2D eigenvalue weighted by atomic mass is 10.1. The molecule has 0 spiro atoms. The van der Waals surface area contributed by atoms with E-state index in [1.54, 1.807) is 24.3 Å². The lowest BCUT2D eigenvalue weighted by molar-refractivity contribution is -0.128. The van der Waals surface area contributed by atoms with Crippen molar-refractivity contribution in [3.8, 4) is 5.75 Å². The van der Waals surface area contributed by atoms with Crippen molar-refractivity contribution in [1.29, 1.82) is 0 Å². The van der Waals surface area contributed by atoms with Crippen molar-refractivity contribution in [3.05, 3.63) is 60.2 Å². The van der Waals surface area contributed by atoms with Crippen LogP contribution in [0.15, 0.2) is 54.6 Å². The van der Waals surface area contributed by atoms with E-state index in [0.29, 0.717) is 24.4 Å². The van der Waals surface area contributed by atoms with Gasteiger partial charge in [-0.2, -0.15) is 0 Å². The number of aryl methyl sites for hydroxylation is 1. The summed E-state index contributed by atoms with van der Waals surface area (Å²) in [7, 11) is -1.83. The minimum Gasteiger partial charge on any atom is -0.481 e. The number of carbonyl (C=O) groups excluding carboxylic acids is 1. The molecule has 0 unspecified atom stereocenters. The first kappa shape index (κ1) is 21.8. The monoisotopic (exact) mass is 404 g/mol. The fourth-order valence-electron chi connectivity index (χ4n) is 2.68. The lowest BCUT2D eigenvalue weighted by Gasteiger charge is -2.19. The molecule has 2 aromatic carbocycles. The molecule has 0 bridgehead atoms. The maximum Gasteiger partial charge on any atom is 0.261 e. The molecule has 0 aliphatic carbocycles. The van der Waals surface area contributed by atoms with Crippen molar-refractivity contribution in [1.82, 2.24) is 5.32 Å². The Hall–Kier alpha value is -2.54. The van der Waals surface area contributed by atoms with Gasteiger partial charge in [0.2, 0.25) is 10.0 Å². The lowest BCUT2D eigenvalue weighted by Crippen LogP contribution is -2.38. The Kier molecular flexibility index (Phi) is 7.87. The summed E-state index contributed by atoms with van der Waals surface area (Å²) >= 11 is 0. The highest BCUT2D eigenvalue weighted by Crippen LogP contribution is 2.21. The second-order valence-electron chi connectivity index (χ2n) is 6.62. The van der Waals surface area contributed by atoms with Crippen LogP contribution < -0.4 is 14.4 Å². The number of carbonyl (C=O) groups is 1. The summed E-state index contributed by atoms with van der Waals surface area (Å²) < 4.78 is 30.1. The molecule has 6 nitrogen and oxygen atoms in total. The molecule has 2 aromatic rings. The number of rotatable bonds is 10. The van der Waals surface area contributed by atoms with E-state index in [1.807, 2.05) is 25.1 Å². The van der Waals surface area contributed by atoms with Crippen LogP contribution in [0.25, 0.3) is 0 Å². The van der Waals surface area contributed by atoms with Crippen molar-refractivity contribution >= 4 is 21.6 Å². The molecule has 152 valence electrons. The summed E-state index contributed by atoms with van der Waals surface area (Å²) in [5.41, 5.74) is 1.78. The summed E-state index contributed by atoms with van der Waals surface area (Å²) in [6.07, 6.45) is 2.87. The normalized spacial score (nSPS) is 12.2. The molecule has 1 atom stereocenters. The van der Waals surface area contributed by atoms with Crippen LogP contribution in [0, 0.1) is 0 Å². The maximum absolute atomic E-state index is 12.4. The van der Waals surface area contributed by atoms with E-state index in [1.165, 1.54) is 16.9 Å². The molecule has 1 N–H and O–H groups in total. The largest absolute Gasteiger partial charge is 0.481 e. The highest BCUT2D eigenvalue weighted by atomic mass is 32.2. The number of ether oxygens (including phenoxy) is 1. The second-order valence-corrected chi connectivity index (χ2v) is 8.63. The average Bonchev–Trinajstić information content (AvgIpc) is 2.69. The highest BCUT2D eigenvalue weighted by Gasteiger charge is 2.18. The zero-order valence-electron chi connectivity index (χ0n) is 16.6. The van der Waals surface area contributed by atoms with Gasteiger partial charge in [0.15, 0.2) is 6.10 Å². The number of hydrogen-bond donors (Lipinski definition) is 1. The summed E-state index contributed by atoms with van der Waals surface area (Å²) in [5.74, 6) is 0.379. The van der Waals surface area contributed by atoms with Gasteiger partial charge < -0.3 is 10.1 Å². The third kappa shape index (κ3) is 6.56. The first-order valence-corrected chi connectivity index (χ1v) is 11.2. The van der Waals surface area contributed by atoms with Crippen molar-refractivity contribution in [3.63, 3.8) is 0 Å². The Morgan fingerprint density at radius 2 is 1.75 bits per heavy atom. The van der Waals surface area contributed by atoms with E-state index in [-0.39, 0.29) is 5.91 Å². The fraction of sp³-hybridized carbons (Fsp3) is 0.381. The molecule has 0 saturated heterocycles. The van der Waals surface area contributed by atoms with Gasteiger partial charge in [-0.25, -0.2) is 8.42 Å². The van der Waals surface area contributed by atoms with Crippen LogP contribution >= 0.6 is 0 Å². The molecule has 0 aliphatic heterocycles. The summed E-state index contributed by atoms with van der Waals surface area (Å²) in [6.45, 7) is 2.48. The van der Waals surface area contributed by atoms with Gasteiger partial charge in [-0.05, 0) is 49.1 Å². The van der Waals surface area contributed by atoms with Crippen LogP contribution in [0.3, 0.4) is 0 Å². The van der Waals surface area contributed by atoms with Crippen molar-refractivity contribution in [2.24, 2.45) is 0 Å². The summed E-state index contributed by atoms with van der Waals surface area (Å²) in [4.78, 5) is 12.4. The fourth-order valence-corrected chi connectivity index (χ4v) is 3.18. The van der Waals surface area contributed by atoms with Crippen LogP contribution in [0.5, 0.6) is 5.75 Å². The minimum absolute atomic E-state index is 0.145. The Morgan fingerprint density at radius 3 is 2.32 bits per heavy atom. The number of sulfonamides is 1. The van der Waals surface area contributed by atoms with E-state index in [0.717, 1.165) is 19.1 Å². The van der Waals surface area contributed by atoms with Crippen LogP contribution in [-0.2, 0) is 21.2 Å². The SMILES string of the molecule is CC[C@H](Oc1ccc(N(C)S(C)(=O)=O)cc1)C(=O)NCCCc1ccccc1. The molecule has 28 heavy (non-hydrogen) atoms. The third-order valence-corrected chi connectivity index (χ3v) is 5.63. The van der Waals surface area contributed by atoms with Gasteiger partial charge in [0.1, 0.15) is 5.75 Å². The van der Waals surface area contributed by atoms with Gasteiger partial charge >= 0.3 is 0 Å². The molecule has 0 fully saturated rings. The Bertz CT molecular complexity index is 852. The molecular formula is C21H28N2O4S. The molecule has 1 amide bonds. The minimum atomic E-state index is -3.31. The number of anilines is 1. The molecule has 0 aromatic heterocycles. The van der Waals surface area contributed by atoms with Crippen LogP contribution in [0.4, 0.5) is 5.69 Å². The molecule has 0 aliphatic rings. The van der Waals surface area contributed by atoms with Crippen LogP contribution in [0.1, 0.15) is 25.3 Å². The standard InChI is InChI=1S/C21H28N2O4S/c1-4-20(21(24)22-16-8-11-17-9-6-5-7-10-17)27-19-14-12-18(13-15-19)23(2)28(3,25)26/h5-7,9-10,12-15,20H,4,8,11,16H2,1-3H3,(H,22,24)/t20-/m0/s1. The average molecular weight is 405 g/mol. The molecule has 2 rings (SSSR count). The van der Waals surface area contributed by atoms with Crippen molar-refractivity contribution in [2.45, 2.75) is 32.3 Å². The summed E-state index contributed by atoms with van der Waals surface area (Å²) in [6, 6.07) is 16.8. The second kappa shape index (κ2) is 10.1. The van der Waals surface area contributed by atoms with E-state index in [4.69, 9.17) is 4.74 Å². The van der Waals surface area contributed by atoms with Crippen molar-refractivity contribution in [2.75, 3.05) is 24.2 Å². The van der Waals surface area contributed by atoms with Gasteiger partial charge in [0, 0.05) is 13.6 Å². The Morgan fingerprint density at radius 1 is 1.11 bits per heavy atom. The van der Waals surface area contributed by atoms with Crippen molar-refractivity contribution < 1.29 is 17.9 Å². The highest BCUT2D eigenvalue weighted by molar-refractivity contribution is 7.92. The van der Waals surface area contributed by atoms with E-state index in [9.17, 15) is 13.2 Å². The number of amides is 1. The smallest absolute Gasteiger partial charge is 0.261 e. The van der Waals surface area contributed by atoms with Crippen LogP contribution in [-0.4, -0.2) is 40.3 Å². The van der Waals surface area contributed by atoms with Gasteiger partial charge in [-0.1, -0.05) is 37.3 Å². The predicted octanol–water partition coefficient (Wildman–Crippen LogP) is 2.99. The van der Waals surface area contributed by atoms with Crippen LogP contribution in [0.2, 0.25) is 0 Å². The van der Waals surface area contributed by atoms with Gasteiger partial charge in [-0.15, -0.1) is 0 Å². The van der Waals surface area contributed by atoms with Gasteiger partial charge in [-0.3, -0.25) is 9.10 Å². The number of hydrogen-bond acceptors (Lipinski definition) is 4. The summed E-state index contributed by atoms with van der Waals surface area (Å²) in [5, 5.41) is 2.92. The first-order valence-electron chi connectivity index (χ1n) is 9.33. The molecule has 0 radical (unpaired) electrons. The number of nitrogens with one attached hydrogen (secondary N) is 1. The Balaban J connectivity index is 1.84. The molecule has 7 heteroatoms. The topological polar surface area (TPSA) is 75.7 Å². The number of nitrogens with zero attached hydrogens (tertiary/aromatic N) is 1. The maximum atomic E-state index is 12.4. The predicted molar refractivity (Wildman–Crippen MR) is 112 cm³/mol. The Labute approximate surface area is 167 Å².